The molecule has 0 spiro atoms. The van der Waals surface area contributed by atoms with Gasteiger partial charge in [0.05, 0.1) is 24.3 Å². The highest BCUT2D eigenvalue weighted by molar-refractivity contribution is 7.91. The van der Waals surface area contributed by atoms with E-state index in [2.05, 4.69) is 4.98 Å². The van der Waals surface area contributed by atoms with Crippen LogP contribution in [-0.2, 0) is 21.8 Å². The highest BCUT2D eigenvalue weighted by Gasteiger charge is 2.29. The minimum absolute atomic E-state index is 0.0636. The topological polar surface area (TPSA) is 98.2 Å². The van der Waals surface area contributed by atoms with Crippen LogP contribution in [0.3, 0.4) is 0 Å². The van der Waals surface area contributed by atoms with E-state index in [1.54, 1.807) is 18.2 Å². The molecule has 158 valence electrons. The molecule has 0 aliphatic rings. The Hall–Kier alpha value is -3.13. The number of nitrogens with zero attached hydrogens (tertiary/aromatic N) is 1. The fraction of sp³-hybridized carbons (Fsp3) is 0.273. The first-order chi connectivity index (χ1) is 14.1. The fourth-order valence-electron chi connectivity index (χ4n) is 3.26. The van der Waals surface area contributed by atoms with Gasteiger partial charge in [-0.15, -0.1) is 0 Å². The standard InChI is InChI=1S/C22H24N2O5S/c1-22(2,15-30(27,28)19-6-4-5-18(13-19)29-3)17-9-7-16(8-10-17)14-24-12-11-20(25)23-21(24)26/h4-13H,14-15H2,1-3H3,(H,23,25,26). The minimum atomic E-state index is -3.53. The maximum atomic E-state index is 12.9. The smallest absolute Gasteiger partial charge is 0.328 e. The van der Waals surface area contributed by atoms with E-state index in [4.69, 9.17) is 4.74 Å². The second-order valence-electron chi connectivity index (χ2n) is 7.76. The number of hydrogen-bond donors (Lipinski definition) is 1. The van der Waals surface area contributed by atoms with Crippen LogP contribution in [0.5, 0.6) is 5.75 Å². The Bertz CT molecular complexity index is 1260. The van der Waals surface area contributed by atoms with Gasteiger partial charge < -0.3 is 4.74 Å². The molecule has 0 atom stereocenters. The van der Waals surface area contributed by atoms with Gasteiger partial charge in [0.15, 0.2) is 9.84 Å². The van der Waals surface area contributed by atoms with Gasteiger partial charge >= 0.3 is 5.69 Å². The third-order valence-corrected chi connectivity index (χ3v) is 7.01. The van der Waals surface area contributed by atoms with Crippen LogP contribution in [0.2, 0.25) is 0 Å². The second kappa shape index (κ2) is 8.31. The molecule has 2 aromatic carbocycles. The molecule has 30 heavy (non-hydrogen) atoms. The highest BCUT2D eigenvalue weighted by Crippen LogP contribution is 2.29. The van der Waals surface area contributed by atoms with Gasteiger partial charge in [0.25, 0.3) is 5.56 Å². The van der Waals surface area contributed by atoms with Crippen molar-refractivity contribution in [3.05, 3.63) is 92.8 Å². The molecule has 0 saturated carbocycles. The normalized spacial score (nSPS) is 12.0. The van der Waals surface area contributed by atoms with E-state index < -0.39 is 26.5 Å². The van der Waals surface area contributed by atoms with Crippen molar-refractivity contribution in [3.63, 3.8) is 0 Å². The zero-order chi connectivity index (χ0) is 21.9. The lowest BCUT2D eigenvalue weighted by molar-refractivity contribution is 0.413. The quantitative estimate of drug-likeness (QED) is 0.623. The van der Waals surface area contributed by atoms with E-state index >= 15 is 0 Å². The first-order valence-electron chi connectivity index (χ1n) is 9.37. The first kappa shape index (κ1) is 21.6. The monoisotopic (exact) mass is 428 g/mol. The molecule has 0 bridgehead atoms. The number of aromatic nitrogens is 2. The summed E-state index contributed by atoms with van der Waals surface area (Å²) < 4.78 is 32.4. The van der Waals surface area contributed by atoms with Gasteiger partial charge in [0.1, 0.15) is 5.75 Å². The number of H-pyrrole nitrogens is 1. The molecule has 3 aromatic rings. The summed E-state index contributed by atoms with van der Waals surface area (Å²) in [4.78, 5) is 25.5. The van der Waals surface area contributed by atoms with Crippen LogP contribution >= 0.6 is 0 Å². The maximum Gasteiger partial charge on any atom is 0.328 e. The van der Waals surface area contributed by atoms with E-state index in [1.807, 2.05) is 38.1 Å². The molecule has 7 nitrogen and oxygen atoms in total. The Morgan fingerprint density at radius 1 is 1.03 bits per heavy atom. The van der Waals surface area contributed by atoms with Crippen LogP contribution in [0.4, 0.5) is 0 Å². The molecule has 0 saturated heterocycles. The fourth-order valence-corrected chi connectivity index (χ4v) is 5.13. The molecular formula is C22H24N2O5S. The van der Waals surface area contributed by atoms with Crippen LogP contribution in [0.15, 0.2) is 75.3 Å². The molecule has 1 heterocycles. The largest absolute Gasteiger partial charge is 0.497 e. The van der Waals surface area contributed by atoms with Crippen molar-refractivity contribution in [3.8, 4) is 5.75 Å². The third-order valence-electron chi connectivity index (χ3n) is 4.94. The number of rotatable bonds is 7. The molecule has 0 fully saturated rings. The Morgan fingerprint density at radius 2 is 1.73 bits per heavy atom. The van der Waals surface area contributed by atoms with Gasteiger partial charge in [-0.25, -0.2) is 13.2 Å². The van der Waals surface area contributed by atoms with Gasteiger partial charge in [-0.05, 0) is 29.3 Å². The van der Waals surface area contributed by atoms with Crippen LogP contribution in [0, 0.1) is 0 Å². The number of benzene rings is 2. The molecule has 1 N–H and O–H groups in total. The number of methoxy groups -OCH3 is 1. The zero-order valence-corrected chi connectivity index (χ0v) is 17.9. The molecule has 0 radical (unpaired) electrons. The lowest BCUT2D eigenvalue weighted by Gasteiger charge is -2.25. The summed E-state index contributed by atoms with van der Waals surface area (Å²) in [5.74, 6) is 0.432. The lowest BCUT2D eigenvalue weighted by Crippen LogP contribution is -2.29. The van der Waals surface area contributed by atoms with Crippen molar-refractivity contribution in [1.82, 2.24) is 9.55 Å². The van der Waals surface area contributed by atoms with E-state index in [1.165, 1.54) is 30.0 Å². The summed E-state index contributed by atoms with van der Waals surface area (Å²) >= 11 is 0. The van der Waals surface area contributed by atoms with Crippen molar-refractivity contribution < 1.29 is 13.2 Å². The first-order valence-corrected chi connectivity index (χ1v) is 11.0. The second-order valence-corrected chi connectivity index (χ2v) is 9.75. The van der Waals surface area contributed by atoms with E-state index in [0.29, 0.717) is 12.3 Å². The summed E-state index contributed by atoms with van der Waals surface area (Å²) in [6.07, 6.45) is 1.44. The Morgan fingerprint density at radius 3 is 2.37 bits per heavy atom. The summed E-state index contributed by atoms with van der Waals surface area (Å²) in [7, 11) is -2.03. The van der Waals surface area contributed by atoms with Crippen LogP contribution in [-0.4, -0.2) is 30.8 Å². The Kier molecular flexibility index (Phi) is 5.98. The van der Waals surface area contributed by atoms with E-state index in [0.717, 1.165) is 11.1 Å². The Labute approximate surface area is 174 Å². The Balaban J connectivity index is 1.80. The van der Waals surface area contributed by atoms with Crippen molar-refractivity contribution in [1.29, 1.82) is 0 Å². The summed E-state index contributed by atoms with van der Waals surface area (Å²) in [5, 5.41) is 0. The SMILES string of the molecule is COc1cccc(S(=O)(=O)CC(C)(C)c2ccc(Cn3ccc(=O)[nH]c3=O)cc2)c1. The van der Waals surface area contributed by atoms with Crippen molar-refractivity contribution in [2.24, 2.45) is 0 Å². The van der Waals surface area contributed by atoms with Gasteiger partial charge in [-0.1, -0.05) is 44.2 Å². The molecule has 0 unspecified atom stereocenters. The molecule has 3 rings (SSSR count). The van der Waals surface area contributed by atoms with Gasteiger partial charge in [-0.2, -0.15) is 0 Å². The third kappa shape index (κ3) is 4.88. The number of nitrogens with one attached hydrogen (secondary N) is 1. The van der Waals surface area contributed by atoms with E-state index in [-0.39, 0.29) is 10.6 Å². The van der Waals surface area contributed by atoms with Crippen LogP contribution < -0.4 is 16.0 Å². The zero-order valence-electron chi connectivity index (χ0n) is 17.1. The number of sulfone groups is 1. The number of aromatic amines is 1. The summed E-state index contributed by atoms with van der Waals surface area (Å²) in [6, 6.07) is 15.2. The summed E-state index contributed by atoms with van der Waals surface area (Å²) in [5.41, 5.74) is 0.183. The summed E-state index contributed by atoms with van der Waals surface area (Å²) in [6.45, 7) is 4.07. The molecule has 8 heteroatoms. The van der Waals surface area contributed by atoms with Gasteiger partial charge in [0, 0.05) is 17.7 Å². The highest BCUT2D eigenvalue weighted by atomic mass is 32.2. The number of ether oxygens (including phenoxy) is 1. The minimum Gasteiger partial charge on any atom is -0.497 e. The van der Waals surface area contributed by atoms with Crippen LogP contribution in [0.25, 0.3) is 0 Å². The molecular weight excluding hydrogens is 404 g/mol. The average Bonchev–Trinajstić information content (AvgIpc) is 2.70. The lowest BCUT2D eigenvalue weighted by atomic mass is 9.86. The predicted octanol–water partition coefficient (Wildman–Crippen LogP) is 2.35. The number of hydrogen-bond acceptors (Lipinski definition) is 5. The molecule has 0 amide bonds. The van der Waals surface area contributed by atoms with Crippen LogP contribution in [0.1, 0.15) is 25.0 Å². The molecule has 0 aliphatic heterocycles. The molecule has 1 aromatic heterocycles. The maximum absolute atomic E-state index is 12.9. The van der Waals surface area contributed by atoms with Gasteiger partial charge in [-0.3, -0.25) is 14.3 Å². The predicted molar refractivity (Wildman–Crippen MR) is 115 cm³/mol. The van der Waals surface area contributed by atoms with E-state index in [9.17, 15) is 18.0 Å². The average molecular weight is 429 g/mol. The molecule has 0 aliphatic carbocycles. The van der Waals surface area contributed by atoms with Crippen molar-refractivity contribution in [2.45, 2.75) is 30.7 Å². The van der Waals surface area contributed by atoms with Gasteiger partial charge in [0.2, 0.25) is 0 Å². The van der Waals surface area contributed by atoms with Crippen molar-refractivity contribution in [2.75, 3.05) is 12.9 Å². The van der Waals surface area contributed by atoms with Crippen molar-refractivity contribution >= 4 is 9.84 Å².